The Morgan fingerprint density at radius 3 is 2.55 bits per heavy atom. The predicted octanol–water partition coefficient (Wildman–Crippen LogP) is 2.40. The third kappa shape index (κ3) is 5.13. The van der Waals surface area contributed by atoms with Gasteiger partial charge in [0.05, 0.1) is 12.2 Å². The molecular formula is C15H28O5. The van der Waals surface area contributed by atoms with E-state index in [1.54, 1.807) is 6.92 Å². The predicted molar refractivity (Wildman–Crippen MR) is 75.2 cm³/mol. The number of aliphatic hydroxyl groups excluding tert-OH is 1. The molecular weight excluding hydrogens is 260 g/mol. The lowest BCUT2D eigenvalue weighted by Gasteiger charge is -2.31. The van der Waals surface area contributed by atoms with E-state index in [4.69, 9.17) is 14.2 Å². The van der Waals surface area contributed by atoms with Gasteiger partial charge in [0.25, 0.3) is 0 Å². The maximum atomic E-state index is 10.8. The molecule has 2 rings (SSSR count). The molecule has 20 heavy (non-hydrogen) atoms. The van der Waals surface area contributed by atoms with Gasteiger partial charge >= 0.3 is 0 Å². The van der Waals surface area contributed by atoms with Crippen LogP contribution in [0.5, 0.6) is 0 Å². The van der Waals surface area contributed by atoms with Gasteiger partial charge in [-0.2, -0.15) is 0 Å². The number of Topliss-reactive ketones (excluding diaryl/α,β-unsaturated/α-hetero) is 1. The zero-order chi connectivity index (χ0) is 15.1. The molecule has 2 fully saturated rings. The number of carbonyl (C=O) groups excluding carboxylic acids is 1. The molecule has 0 aromatic rings. The van der Waals surface area contributed by atoms with Crippen molar-refractivity contribution in [3.05, 3.63) is 0 Å². The topological polar surface area (TPSA) is 65.0 Å². The number of fused-ring (bicyclic) bond motifs is 1. The van der Waals surface area contributed by atoms with Crippen molar-refractivity contribution in [2.75, 3.05) is 0 Å². The third-order valence-corrected chi connectivity index (χ3v) is 3.50. The summed E-state index contributed by atoms with van der Waals surface area (Å²) in [7, 11) is 0. The Morgan fingerprint density at radius 2 is 1.90 bits per heavy atom. The van der Waals surface area contributed by atoms with Crippen molar-refractivity contribution in [1.82, 2.24) is 0 Å². The van der Waals surface area contributed by atoms with Crippen molar-refractivity contribution >= 4 is 5.78 Å². The molecule has 0 amide bonds. The molecule has 2 heterocycles. The first-order valence-corrected chi connectivity index (χ1v) is 7.70. The van der Waals surface area contributed by atoms with Crippen molar-refractivity contribution < 1.29 is 24.1 Å². The van der Waals surface area contributed by atoms with Gasteiger partial charge < -0.3 is 24.1 Å². The van der Waals surface area contributed by atoms with Crippen LogP contribution in [-0.2, 0) is 19.0 Å². The molecule has 5 atom stereocenters. The van der Waals surface area contributed by atoms with Crippen LogP contribution in [0.1, 0.15) is 59.8 Å². The quantitative estimate of drug-likeness (QED) is 0.787. The van der Waals surface area contributed by atoms with E-state index in [0.29, 0.717) is 12.8 Å². The van der Waals surface area contributed by atoms with Crippen molar-refractivity contribution in [1.29, 1.82) is 0 Å². The lowest BCUT2D eigenvalue weighted by atomic mass is 10.0. The van der Waals surface area contributed by atoms with E-state index in [1.165, 1.54) is 0 Å². The number of hydrogen-bond acceptors (Lipinski definition) is 5. The summed E-state index contributed by atoms with van der Waals surface area (Å²) in [6.45, 7) is 7.44. The van der Waals surface area contributed by atoms with E-state index in [1.807, 2.05) is 20.8 Å². The standard InChI is InChI=1S/C13H22O5.C2H6/c1-8(14)5-3-4-6-12-17-11-7-10(15)9(2)16-13(11)18-12;1-2/h9-13,15H,3-7H2,1-2H3;1-2H3/t9?,10-,11?,12?,13+;/m1./s1. The summed E-state index contributed by atoms with van der Waals surface area (Å²) < 4.78 is 16.9. The molecule has 0 aromatic carbocycles. The number of ketones is 1. The normalized spacial score (nSPS) is 36.0. The summed E-state index contributed by atoms with van der Waals surface area (Å²) in [4.78, 5) is 10.8. The van der Waals surface area contributed by atoms with Crippen LogP contribution in [0, 0.1) is 0 Å². The van der Waals surface area contributed by atoms with E-state index in [9.17, 15) is 9.90 Å². The zero-order valence-electron chi connectivity index (χ0n) is 13.0. The Bertz CT molecular complexity index is 276. The van der Waals surface area contributed by atoms with E-state index >= 15 is 0 Å². The fourth-order valence-electron chi connectivity index (χ4n) is 2.37. The minimum atomic E-state index is -0.480. The van der Waals surface area contributed by atoms with E-state index in [-0.39, 0.29) is 30.6 Å². The highest BCUT2D eigenvalue weighted by atomic mass is 16.8. The lowest BCUT2D eigenvalue weighted by molar-refractivity contribution is -0.209. The van der Waals surface area contributed by atoms with Gasteiger partial charge in [0.1, 0.15) is 11.9 Å². The van der Waals surface area contributed by atoms with Crippen LogP contribution in [0.2, 0.25) is 0 Å². The first kappa shape index (κ1) is 17.6. The molecule has 118 valence electrons. The van der Waals surface area contributed by atoms with Gasteiger partial charge in [0.2, 0.25) is 0 Å². The maximum absolute atomic E-state index is 10.8. The highest BCUT2D eigenvalue weighted by molar-refractivity contribution is 5.75. The third-order valence-electron chi connectivity index (χ3n) is 3.50. The summed E-state index contributed by atoms with van der Waals surface area (Å²) in [5.74, 6) is 0.220. The SMILES string of the molecule is CC.CC(=O)CCCCC1OC2C[C@@H](O)C(C)O[C@H]2O1. The number of unbranched alkanes of at least 4 members (excludes halogenated alkanes) is 1. The van der Waals surface area contributed by atoms with Crippen LogP contribution >= 0.6 is 0 Å². The van der Waals surface area contributed by atoms with Crippen LogP contribution in [0.4, 0.5) is 0 Å². The van der Waals surface area contributed by atoms with Gasteiger partial charge in [-0.25, -0.2) is 0 Å². The summed E-state index contributed by atoms with van der Waals surface area (Å²) >= 11 is 0. The molecule has 2 saturated heterocycles. The van der Waals surface area contributed by atoms with Gasteiger partial charge in [-0.15, -0.1) is 0 Å². The monoisotopic (exact) mass is 288 g/mol. The van der Waals surface area contributed by atoms with Gasteiger partial charge in [-0.05, 0) is 33.1 Å². The fourth-order valence-corrected chi connectivity index (χ4v) is 2.37. The summed E-state index contributed by atoms with van der Waals surface area (Å²) in [6, 6.07) is 0. The summed E-state index contributed by atoms with van der Waals surface area (Å²) in [5, 5.41) is 9.69. The largest absolute Gasteiger partial charge is 0.390 e. The molecule has 1 N–H and O–H groups in total. The highest BCUT2D eigenvalue weighted by Crippen LogP contribution is 2.32. The Balaban J connectivity index is 0.000000956. The van der Waals surface area contributed by atoms with Gasteiger partial charge in [-0.3, -0.25) is 0 Å². The minimum absolute atomic E-state index is 0.158. The second-order valence-electron chi connectivity index (χ2n) is 5.20. The lowest BCUT2D eigenvalue weighted by Crippen LogP contribution is -2.44. The second kappa shape index (κ2) is 8.72. The fraction of sp³-hybridized carbons (Fsp3) is 0.933. The highest BCUT2D eigenvalue weighted by Gasteiger charge is 2.43. The summed E-state index contributed by atoms with van der Waals surface area (Å²) in [6.07, 6.45) is 2.28. The Morgan fingerprint density at radius 1 is 1.20 bits per heavy atom. The number of hydrogen-bond donors (Lipinski definition) is 1. The molecule has 0 saturated carbocycles. The maximum Gasteiger partial charge on any atom is 0.187 e. The summed E-state index contributed by atoms with van der Waals surface area (Å²) in [5.41, 5.74) is 0. The molecule has 0 radical (unpaired) electrons. The average molecular weight is 288 g/mol. The van der Waals surface area contributed by atoms with Crippen LogP contribution < -0.4 is 0 Å². The van der Waals surface area contributed by atoms with Crippen LogP contribution in [0.3, 0.4) is 0 Å². The van der Waals surface area contributed by atoms with Crippen molar-refractivity contribution in [2.24, 2.45) is 0 Å². The molecule has 0 bridgehead atoms. The minimum Gasteiger partial charge on any atom is -0.390 e. The van der Waals surface area contributed by atoms with Crippen LogP contribution in [-0.4, -0.2) is 41.8 Å². The number of carbonyl (C=O) groups is 1. The molecule has 0 aromatic heterocycles. The molecule has 2 aliphatic heterocycles. The smallest absolute Gasteiger partial charge is 0.187 e. The molecule has 5 heteroatoms. The molecule has 0 aliphatic carbocycles. The Kier molecular flexibility index (Phi) is 7.66. The Labute approximate surface area is 121 Å². The van der Waals surface area contributed by atoms with Gasteiger partial charge in [0.15, 0.2) is 12.6 Å². The van der Waals surface area contributed by atoms with Crippen LogP contribution in [0.25, 0.3) is 0 Å². The number of ether oxygens (including phenoxy) is 3. The van der Waals surface area contributed by atoms with Crippen LogP contribution in [0.15, 0.2) is 0 Å². The van der Waals surface area contributed by atoms with E-state index in [0.717, 1.165) is 19.3 Å². The number of aliphatic hydroxyl groups is 1. The van der Waals surface area contributed by atoms with Crippen molar-refractivity contribution in [3.63, 3.8) is 0 Å². The van der Waals surface area contributed by atoms with E-state index < -0.39 is 6.10 Å². The van der Waals surface area contributed by atoms with E-state index in [2.05, 4.69) is 0 Å². The van der Waals surface area contributed by atoms with Crippen molar-refractivity contribution in [3.8, 4) is 0 Å². The molecule has 5 nitrogen and oxygen atoms in total. The first-order valence-electron chi connectivity index (χ1n) is 7.70. The second-order valence-corrected chi connectivity index (χ2v) is 5.20. The zero-order valence-corrected chi connectivity index (χ0v) is 13.0. The number of rotatable bonds is 5. The molecule has 2 aliphatic rings. The van der Waals surface area contributed by atoms with Gasteiger partial charge in [-0.1, -0.05) is 13.8 Å². The molecule has 3 unspecified atom stereocenters. The average Bonchev–Trinajstić information content (AvgIpc) is 2.79. The van der Waals surface area contributed by atoms with Gasteiger partial charge in [0, 0.05) is 12.8 Å². The molecule has 0 spiro atoms. The first-order chi connectivity index (χ1) is 9.56. The Hall–Kier alpha value is -0.490. The van der Waals surface area contributed by atoms with Crippen molar-refractivity contribution in [2.45, 2.75) is 90.7 Å².